The Morgan fingerprint density at radius 2 is 1.57 bits per heavy atom. The number of hydrogen-bond donors (Lipinski definition) is 5. The number of amides is 2. The Morgan fingerprint density at radius 3 is 2.14 bits per heavy atom. The maximum absolute atomic E-state index is 12.5. The Morgan fingerprint density at radius 1 is 0.973 bits per heavy atom. The molecule has 37 heavy (non-hydrogen) atoms. The molecule has 1 aliphatic rings. The van der Waals surface area contributed by atoms with Crippen molar-refractivity contribution in [3.8, 4) is 11.1 Å². The molecule has 0 fully saturated rings. The van der Waals surface area contributed by atoms with Crippen LogP contribution >= 0.6 is 11.8 Å². The van der Waals surface area contributed by atoms with Crippen molar-refractivity contribution in [3.63, 3.8) is 0 Å². The van der Waals surface area contributed by atoms with E-state index in [1.165, 1.54) is 0 Å². The molecule has 0 saturated heterocycles. The lowest BCUT2D eigenvalue weighted by molar-refractivity contribution is -0.139. The van der Waals surface area contributed by atoms with E-state index in [0.29, 0.717) is 11.8 Å². The van der Waals surface area contributed by atoms with E-state index in [2.05, 4.69) is 10.6 Å². The van der Waals surface area contributed by atoms with Crippen LogP contribution < -0.4 is 16.4 Å². The molecule has 2 aromatic rings. The molecule has 0 spiro atoms. The average Bonchev–Trinajstić information content (AvgIpc) is 3.20. The smallest absolute Gasteiger partial charge is 0.367 e. The minimum atomic E-state index is -1.28. The van der Waals surface area contributed by atoms with Gasteiger partial charge >= 0.3 is 17.2 Å². The van der Waals surface area contributed by atoms with Gasteiger partial charge in [0.15, 0.2) is 0 Å². The van der Waals surface area contributed by atoms with Crippen molar-refractivity contribution in [2.24, 2.45) is 5.73 Å². The number of carboxylic acid groups (broad SMARTS) is 2. The molecule has 0 saturated carbocycles. The molecule has 2 amide bonds. The van der Waals surface area contributed by atoms with Gasteiger partial charge in [-0.15, -0.1) is 0 Å². The molecular weight excluding hydrogens is 502 g/mol. The normalized spacial score (nSPS) is 13.5. The van der Waals surface area contributed by atoms with E-state index in [1.807, 2.05) is 48.5 Å². The summed E-state index contributed by atoms with van der Waals surface area (Å²) in [4.78, 5) is 58.8. The van der Waals surface area contributed by atoms with Gasteiger partial charge in [-0.3, -0.25) is 19.2 Å². The molecule has 1 aliphatic carbocycles. The first-order valence-corrected chi connectivity index (χ1v) is 12.4. The van der Waals surface area contributed by atoms with Gasteiger partial charge in [-0.1, -0.05) is 48.5 Å². The number of fused-ring (bicyclic) bond motifs is 3. The van der Waals surface area contributed by atoms with E-state index in [0.717, 1.165) is 22.3 Å². The monoisotopic (exact) mass is 529 g/mol. The van der Waals surface area contributed by atoms with Crippen molar-refractivity contribution in [2.45, 2.75) is 30.8 Å². The number of carbonyl (C=O) groups is 5. The van der Waals surface area contributed by atoms with Crippen molar-refractivity contribution in [1.29, 1.82) is 0 Å². The fourth-order valence-electron chi connectivity index (χ4n) is 3.93. The van der Waals surface area contributed by atoms with Crippen molar-refractivity contribution >= 4 is 40.8 Å². The fourth-order valence-corrected chi connectivity index (χ4v) is 4.62. The quantitative estimate of drug-likeness (QED) is 0.253. The SMILES string of the molecule is NC(CCC(=O)NC(CSC(=O)OCC1c2ccccc2-c2ccccc21)C(=O)NCC(=O)O)C(=O)O. The van der Waals surface area contributed by atoms with Crippen LogP contribution in [0.15, 0.2) is 48.5 Å². The Labute approximate surface area is 216 Å². The van der Waals surface area contributed by atoms with Gasteiger partial charge < -0.3 is 31.3 Å². The first kappa shape index (κ1) is 27.7. The molecule has 0 aromatic heterocycles. The van der Waals surface area contributed by atoms with Crippen molar-refractivity contribution in [2.75, 3.05) is 18.9 Å². The zero-order valence-electron chi connectivity index (χ0n) is 19.7. The maximum Gasteiger partial charge on any atom is 0.367 e. The van der Waals surface area contributed by atoms with Crippen molar-refractivity contribution in [1.82, 2.24) is 10.6 Å². The number of ether oxygens (including phenoxy) is 1. The summed E-state index contributed by atoms with van der Waals surface area (Å²) in [6, 6.07) is 13.2. The minimum Gasteiger partial charge on any atom is -0.480 e. The van der Waals surface area contributed by atoms with Crippen LogP contribution in [-0.4, -0.2) is 70.3 Å². The van der Waals surface area contributed by atoms with Crippen molar-refractivity contribution in [3.05, 3.63) is 59.7 Å². The summed E-state index contributed by atoms with van der Waals surface area (Å²) in [6.07, 6.45) is -0.435. The average molecular weight is 530 g/mol. The van der Waals surface area contributed by atoms with Crippen LogP contribution in [-0.2, 0) is 23.9 Å². The van der Waals surface area contributed by atoms with Gasteiger partial charge in [0.1, 0.15) is 25.2 Å². The third-order valence-corrected chi connectivity index (χ3v) is 6.62. The van der Waals surface area contributed by atoms with Crippen LogP contribution in [0.4, 0.5) is 4.79 Å². The zero-order chi connectivity index (χ0) is 26.9. The molecule has 2 aromatic carbocycles. The third-order valence-electron chi connectivity index (χ3n) is 5.76. The lowest BCUT2D eigenvalue weighted by atomic mass is 9.98. The summed E-state index contributed by atoms with van der Waals surface area (Å²) < 4.78 is 5.48. The van der Waals surface area contributed by atoms with Gasteiger partial charge in [-0.05, 0) is 40.4 Å². The molecule has 0 radical (unpaired) electrons. The highest BCUT2D eigenvalue weighted by Gasteiger charge is 2.30. The molecule has 0 aliphatic heterocycles. The minimum absolute atomic E-state index is 0.0785. The Bertz CT molecular complexity index is 1140. The number of rotatable bonds is 12. The molecule has 2 unspecified atom stereocenters. The van der Waals surface area contributed by atoms with E-state index >= 15 is 0 Å². The van der Waals surface area contributed by atoms with Crippen LogP contribution in [0, 0.1) is 0 Å². The van der Waals surface area contributed by atoms with Gasteiger partial charge in [0, 0.05) is 18.1 Å². The summed E-state index contributed by atoms with van der Waals surface area (Å²) in [6.45, 7) is -0.597. The van der Waals surface area contributed by atoms with Gasteiger partial charge in [0.25, 0.3) is 0 Å². The van der Waals surface area contributed by atoms with Gasteiger partial charge in [0.05, 0.1) is 0 Å². The molecule has 0 heterocycles. The van der Waals surface area contributed by atoms with E-state index in [1.54, 1.807) is 0 Å². The second-order valence-electron chi connectivity index (χ2n) is 8.31. The molecule has 6 N–H and O–H groups in total. The van der Waals surface area contributed by atoms with Gasteiger partial charge in [0.2, 0.25) is 11.8 Å². The fraction of sp³-hybridized carbons (Fsp3) is 0.320. The third kappa shape index (κ3) is 7.54. The highest BCUT2D eigenvalue weighted by atomic mass is 32.2. The summed E-state index contributed by atoms with van der Waals surface area (Å²) in [5, 5.41) is 21.5. The molecule has 2 atom stereocenters. The summed E-state index contributed by atoms with van der Waals surface area (Å²) in [7, 11) is 0. The van der Waals surface area contributed by atoms with Gasteiger partial charge in [-0.2, -0.15) is 0 Å². The van der Waals surface area contributed by atoms with E-state index in [9.17, 15) is 24.0 Å². The Hall–Kier alpha value is -3.90. The van der Waals surface area contributed by atoms with E-state index < -0.39 is 47.7 Å². The standard InChI is InChI=1S/C25H27N3O8S/c26-19(24(33)34)9-10-21(29)28-20(23(32)27-11-22(30)31)13-37-25(35)36-12-18-16-7-3-1-5-14(16)15-6-2-4-8-17(15)18/h1-8,18-20H,9-13,26H2,(H,27,32)(H,28,29)(H,30,31)(H,33,34). The largest absolute Gasteiger partial charge is 0.480 e. The highest BCUT2D eigenvalue weighted by Crippen LogP contribution is 2.44. The summed E-state index contributed by atoms with van der Waals surface area (Å²) >= 11 is 0.661. The second-order valence-corrected chi connectivity index (χ2v) is 9.27. The summed E-state index contributed by atoms with van der Waals surface area (Å²) in [5.74, 6) is -4.40. The number of thioether (sulfide) groups is 1. The number of benzene rings is 2. The molecular formula is C25H27N3O8S. The van der Waals surface area contributed by atoms with E-state index in [4.69, 9.17) is 20.7 Å². The number of nitrogens with two attached hydrogens (primary N) is 1. The number of aliphatic carboxylic acids is 2. The van der Waals surface area contributed by atoms with Gasteiger partial charge in [-0.25, -0.2) is 4.79 Å². The predicted octanol–water partition coefficient (Wildman–Crippen LogP) is 1.55. The number of carboxylic acids is 2. The first-order valence-electron chi connectivity index (χ1n) is 11.4. The Kier molecular flexibility index (Phi) is 9.64. The van der Waals surface area contributed by atoms with E-state index in [-0.39, 0.29) is 31.1 Å². The molecule has 0 bridgehead atoms. The number of hydrogen-bond acceptors (Lipinski definition) is 8. The topological polar surface area (TPSA) is 185 Å². The molecule has 196 valence electrons. The predicted molar refractivity (Wildman–Crippen MR) is 135 cm³/mol. The summed E-state index contributed by atoms with van der Waals surface area (Å²) in [5.41, 5.74) is 9.62. The molecule has 3 rings (SSSR count). The second kappa shape index (κ2) is 12.9. The molecule has 12 heteroatoms. The van der Waals surface area contributed by atoms with Crippen LogP contribution in [0.25, 0.3) is 11.1 Å². The van der Waals surface area contributed by atoms with Crippen LogP contribution in [0.2, 0.25) is 0 Å². The number of carbonyl (C=O) groups excluding carboxylic acids is 3. The van der Waals surface area contributed by atoms with Crippen LogP contribution in [0.5, 0.6) is 0 Å². The Balaban J connectivity index is 1.58. The highest BCUT2D eigenvalue weighted by molar-refractivity contribution is 8.13. The maximum atomic E-state index is 12.5. The lowest BCUT2D eigenvalue weighted by Gasteiger charge is -2.18. The van der Waals surface area contributed by atoms with Crippen molar-refractivity contribution < 1.29 is 38.9 Å². The zero-order valence-corrected chi connectivity index (χ0v) is 20.5. The lowest BCUT2D eigenvalue weighted by Crippen LogP contribution is -2.49. The molecule has 11 nitrogen and oxygen atoms in total. The van der Waals surface area contributed by atoms with Crippen LogP contribution in [0.1, 0.15) is 29.9 Å². The number of nitrogens with one attached hydrogen (secondary N) is 2. The van der Waals surface area contributed by atoms with Crippen LogP contribution in [0.3, 0.4) is 0 Å². The first-order chi connectivity index (χ1) is 17.7.